The monoisotopic (exact) mass is 400 g/mol. The molecule has 2 heterocycles. The molecule has 1 aromatic carbocycles. The number of likely N-dealkylation sites (tertiary alicyclic amines) is 1. The van der Waals surface area contributed by atoms with Crippen molar-refractivity contribution >= 4 is 28.3 Å². The molecule has 1 aromatic heterocycles. The second-order valence-corrected chi connectivity index (χ2v) is 8.56. The summed E-state index contributed by atoms with van der Waals surface area (Å²) < 4.78 is 0. The zero-order valence-corrected chi connectivity index (χ0v) is 17.3. The van der Waals surface area contributed by atoms with E-state index in [1.165, 1.54) is 17.8 Å². The lowest BCUT2D eigenvalue weighted by Gasteiger charge is -2.34. The van der Waals surface area contributed by atoms with Crippen molar-refractivity contribution in [2.24, 2.45) is 11.8 Å². The molecule has 2 aromatic rings. The number of rotatable bonds is 7. The van der Waals surface area contributed by atoms with Crippen molar-refractivity contribution in [2.45, 2.75) is 33.2 Å². The highest BCUT2D eigenvalue weighted by atomic mass is 32.1. The fraction of sp³-hybridized carbons (Fsp3) is 0.476. The van der Waals surface area contributed by atoms with Gasteiger partial charge < -0.3 is 10.6 Å². The number of aromatic nitrogens is 1. The number of hydrogen-bond acceptors (Lipinski definition) is 5. The maximum absolute atomic E-state index is 12.1. The average molecular weight is 401 g/mol. The summed E-state index contributed by atoms with van der Waals surface area (Å²) in [5.41, 5.74) is 1.59. The van der Waals surface area contributed by atoms with Crippen LogP contribution >= 0.6 is 11.3 Å². The van der Waals surface area contributed by atoms with Crippen LogP contribution in [-0.2, 0) is 11.3 Å². The SMILES string of the molecule is C[C@@H]1C[C@H](C)CN(Cc2csc(NC(=O)CCNC(=O)c3ccccc3)n2)C1. The van der Waals surface area contributed by atoms with Gasteiger partial charge in [0.15, 0.2) is 5.13 Å². The molecule has 3 rings (SSSR count). The summed E-state index contributed by atoms with van der Waals surface area (Å²) in [6, 6.07) is 8.98. The van der Waals surface area contributed by atoms with E-state index in [4.69, 9.17) is 0 Å². The van der Waals surface area contributed by atoms with Gasteiger partial charge in [-0.1, -0.05) is 32.0 Å². The van der Waals surface area contributed by atoms with E-state index in [2.05, 4.69) is 34.4 Å². The molecule has 0 bridgehead atoms. The Kier molecular flexibility index (Phi) is 7.17. The molecule has 2 N–H and O–H groups in total. The first-order valence-electron chi connectivity index (χ1n) is 9.79. The topological polar surface area (TPSA) is 74.3 Å². The highest BCUT2D eigenvalue weighted by molar-refractivity contribution is 7.13. The van der Waals surface area contributed by atoms with Crippen molar-refractivity contribution in [3.8, 4) is 0 Å². The van der Waals surface area contributed by atoms with Crippen molar-refractivity contribution in [2.75, 3.05) is 25.0 Å². The van der Waals surface area contributed by atoms with E-state index < -0.39 is 0 Å². The Labute approximate surface area is 170 Å². The van der Waals surface area contributed by atoms with E-state index in [1.807, 2.05) is 23.6 Å². The lowest BCUT2D eigenvalue weighted by atomic mass is 9.92. The predicted molar refractivity (Wildman–Crippen MR) is 112 cm³/mol. The van der Waals surface area contributed by atoms with Crippen molar-refractivity contribution in [1.82, 2.24) is 15.2 Å². The quantitative estimate of drug-likeness (QED) is 0.747. The third kappa shape index (κ3) is 6.14. The zero-order valence-electron chi connectivity index (χ0n) is 16.5. The maximum atomic E-state index is 12.1. The molecule has 0 radical (unpaired) electrons. The van der Waals surface area contributed by atoms with Crippen LogP contribution in [0.3, 0.4) is 0 Å². The highest BCUT2D eigenvalue weighted by Gasteiger charge is 2.22. The van der Waals surface area contributed by atoms with Gasteiger partial charge in [-0.3, -0.25) is 14.5 Å². The molecular formula is C21H28N4O2S. The van der Waals surface area contributed by atoms with Gasteiger partial charge in [0, 0.05) is 43.5 Å². The second kappa shape index (κ2) is 9.80. The second-order valence-electron chi connectivity index (χ2n) is 7.70. The smallest absolute Gasteiger partial charge is 0.251 e. The molecule has 1 aliphatic heterocycles. The third-order valence-corrected chi connectivity index (χ3v) is 5.61. The van der Waals surface area contributed by atoms with Gasteiger partial charge in [-0.05, 0) is 30.4 Å². The predicted octanol–water partition coefficient (Wildman–Crippen LogP) is 3.38. The van der Waals surface area contributed by atoms with E-state index in [0.717, 1.165) is 25.3 Å². The van der Waals surface area contributed by atoms with Gasteiger partial charge in [-0.25, -0.2) is 4.98 Å². The van der Waals surface area contributed by atoms with Gasteiger partial charge >= 0.3 is 0 Å². The number of thiazole rings is 1. The maximum Gasteiger partial charge on any atom is 0.251 e. The van der Waals surface area contributed by atoms with Gasteiger partial charge in [0.25, 0.3) is 5.91 Å². The number of nitrogens with one attached hydrogen (secondary N) is 2. The normalized spacial score (nSPS) is 19.9. The Morgan fingerprint density at radius 3 is 2.61 bits per heavy atom. The van der Waals surface area contributed by atoms with Gasteiger partial charge in [-0.2, -0.15) is 0 Å². The first-order valence-corrected chi connectivity index (χ1v) is 10.7. The van der Waals surface area contributed by atoms with E-state index in [1.54, 1.807) is 12.1 Å². The summed E-state index contributed by atoms with van der Waals surface area (Å²) in [5, 5.41) is 8.22. The van der Waals surface area contributed by atoms with Crippen LogP contribution in [0.5, 0.6) is 0 Å². The molecule has 7 heteroatoms. The summed E-state index contributed by atoms with van der Waals surface area (Å²) >= 11 is 1.45. The molecule has 150 valence electrons. The molecule has 1 fully saturated rings. The highest BCUT2D eigenvalue weighted by Crippen LogP contribution is 2.24. The molecule has 0 aliphatic carbocycles. The minimum atomic E-state index is -0.171. The molecule has 6 nitrogen and oxygen atoms in total. The van der Waals surface area contributed by atoms with Gasteiger partial charge in [0.1, 0.15) is 0 Å². The van der Waals surface area contributed by atoms with E-state index in [9.17, 15) is 9.59 Å². The van der Waals surface area contributed by atoms with Gasteiger partial charge in [-0.15, -0.1) is 11.3 Å². The van der Waals surface area contributed by atoms with Crippen LogP contribution in [0.15, 0.2) is 35.7 Å². The van der Waals surface area contributed by atoms with Gasteiger partial charge in [0.05, 0.1) is 5.69 Å². The van der Waals surface area contributed by atoms with Gasteiger partial charge in [0.2, 0.25) is 5.91 Å². The lowest BCUT2D eigenvalue weighted by Crippen LogP contribution is -2.38. The fourth-order valence-electron chi connectivity index (χ4n) is 3.75. The number of benzene rings is 1. The first-order chi connectivity index (χ1) is 13.5. The first kappa shape index (κ1) is 20.5. The summed E-state index contributed by atoms with van der Waals surface area (Å²) in [4.78, 5) is 31.1. The van der Waals surface area contributed by atoms with Crippen molar-refractivity contribution in [3.05, 3.63) is 47.0 Å². The Bertz CT molecular complexity index is 783. The van der Waals surface area contributed by atoms with E-state index >= 15 is 0 Å². The Morgan fingerprint density at radius 1 is 1.18 bits per heavy atom. The summed E-state index contributed by atoms with van der Waals surface area (Å²) in [6.45, 7) is 7.92. The van der Waals surface area contributed by atoms with Crippen molar-refractivity contribution in [3.63, 3.8) is 0 Å². The average Bonchev–Trinajstić information content (AvgIpc) is 3.08. The number of carbonyl (C=O) groups is 2. The van der Waals surface area contributed by atoms with E-state index in [-0.39, 0.29) is 18.2 Å². The van der Waals surface area contributed by atoms with Crippen molar-refractivity contribution in [1.29, 1.82) is 0 Å². The molecule has 28 heavy (non-hydrogen) atoms. The lowest BCUT2D eigenvalue weighted by molar-refractivity contribution is -0.116. The largest absolute Gasteiger partial charge is 0.352 e. The Hall–Kier alpha value is -2.25. The summed E-state index contributed by atoms with van der Waals surface area (Å²) in [6.07, 6.45) is 1.50. The molecule has 1 saturated heterocycles. The third-order valence-electron chi connectivity index (χ3n) is 4.80. The Morgan fingerprint density at radius 2 is 1.89 bits per heavy atom. The number of hydrogen-bond donors (Lipinski definition) is 2. The number of piperidine rings is 1. The molecule has 0 spiro atoms. The molecule has 2 atom stereocenters. The number of anilines is 1. The number of carbonyl (C=O) groups excluding carboxylic acids is 2. The number of nitrogens with zero attached hydrogens (tertiary/aromatic N) is 2. The molecule has 0 unspecified atom stereocenters. The zero-order chi connectivity index (χ0) is 19.9. The summed E-state index contributed by atoms with van der Waals surface area (Å²) in [5.74, 6) is 1.12. The van der Waals surface area contributed by atoms with Crippen LogP contribution in [0.25, 0.3) is 0 Å². The van der Waals surface area contributed by atoms with Crippen LogP contribution < -0.4 is 10.6 Å². The van der Waals surface area contributed by atoms with Crippen LogP contribution in [0.4, 0.5) is 5.13 Å². The van der Waals surface area contributed by atoms with Crippen LogP contribution in [-0.4, -0.2) is 41.3 Å². The fourth-order valence-corrected chi connectivity index (χ4v) is 4.47. The number of amides is 2. The van der Waals surface area contributed by atoms with Crippen LogP contribution in [0, 0.1) is 11.8 Å². The minimum absolute atomic E-state index is 0.144. The molecule has 1 aliphatic rings. The van der Waals surface area contributed by atoms with Crippen LogP contribution in [0.1, 0.15) is 42.7 Å². The Balaban J connectivity index is 1.40. The van der Waals surface area contributed by atoms with Crippen molar-refractivity contribution < 1.29 is 9.59 Å². The minimum Gasteiger partial charge on any atom is -0.352 e. The van der Waals surface area contributed by atoms with Crippen LogP contribution in [0.2, 0.25) is 0 Å². The summed E-state index contributed by atoms with van der Waals surface area (Å²) in [7, 11) is 0. The standard InChI is InChI=1S/C21H28N4O2S/c1-15-10-16(2)12-25(11-15)13-18-14-28-21(23-18)24-19(26)8-9-22-20(27)17-6-4-3-5-7-17/h3-7,14-16H,8-13H2,1-2H3,(H,22,27)(H,23,24,26)/t15-,16+. The molecular weight excluding hydrogens is 372 g/mol. The molecule has 0 saturated carbocycles. The van der Waals surface area contributed by atoms with E-state index in [0.29, 0.717) is 29.1 Å². The molecule has 2 amide bonds.